The summed E-state index contributed by atoms with van der Waals surface area (Å²) in [5.41, 5.74) is 2.02. The smallest absolute Gasteiger partial charge is 0.182 e. The number of β-amino-alcohol motifs (C(OH)–C–C–N with tert-alkyl or cyclic N) is 1. The number of piperidine rings is 1. The summed E-state index contributed by atoms with van der Waals surface area (Å²) < 4.78 is 8.37. The molecule has 29 heavy (non-hydrogen) atoms. The molecule has 2 heterocycles. The standard InChI is InChI=1S/C22H26ClN3O2S/c1-28-18-5-2-16(3-6-18)20(27)14-25-10-8-15(9-11-25)13-26-19-7-4-17(23)12-21(19)29-22(26)24/h2-7,12,15,20,24,27H,8-11,13-14H2,1H3/t20-/m0/s1. The van der Waals surface area contributed by atoms with Crippen LogP contribution in [0.3, 0.4) is 0 Å². The van der Waals surface area contributed by atoms with Crippen molar-refractivity contribution in [2.75, 3.05) is 26.7 Å². The third-order valence-corrected chi connectivity index (χ3v) is 6.94. The lowest BCUT2D eigenvalue weighted by Gasteiger charge is -2.33. The van der Waals surface area contributed by atoms with E-state index in [9.17, 15) is 5.11 Å². The lowest BCUT2D eigenvalue weighted by Crippen LogP contribution is -2.38. The van der Waals surface area contributed by atoms with E-state index in [-0.39, 0.29) is 0 Å². The van der Waals surface area contributed by atoms with Crippen LogP contribution >= 0.6 is 22.9 Å². The summed E-state index contributed by atoms with van der Waals surface area (Å²) in [5, 5.41) is 19.6. The third-order valence-electron chi connectivity index (χ3n) is 5.74. The Morgan fingerprint density at radius 3 is 2.62 bits per heavy atom. The van der Waals surface area contributed by atoms with Gasteiger partial charge < -0.3 is 19.3 Å². The van der Waals surface area contributed by atoms with Crippen LogP contribution in [0.15, 0.2) is 42.5 Å². The fourth-order valence-electron chi connectivity index (χ4n) is 4.03. The number of thiazole rings is 1. The van der Waals surface area contributed by atoms with E-state index in [1.54, 1.807) is 7.11 Å². The van der Waals surface area contributed by atoms with Crippen LogP contribution in [0.2, 0.25) is 5.02 Å². The molecule has 7 heteroatoms. The SMILES string of the molecule is COc1ccc([C@@H](O)CN2CCC(Cn3c(=N)sc4cc(Cl)ccc43)CC2)cc1. The van der Waals surface area contributed by atoms with Crippen LogP contribution in [0.1, 0.15) is 24.5 Å². The highest BCUT2D eigenvalue weighted by Crippen LogP contribution is 2.26. The van der Waals surface area contributed by atoms with Gasteiger partial charge in [0.05, 0.1) is 23.4 Å². The molecule has 2 aromatic carbocycles. The second-order valence-corrected chi connectivity index (χ2v) is 9.13. The van der Waals surface area contributed by atoms with Crippen molar-refractivity contribution in [3.05, 3.63) is 57.9 Å². The number of ether oxygens (including phenoxy) is 1. The number of halogens is 1. The van der Waals surface area contributed by atoms with Gasteiger partial charge >= 0.3 is 0 Å². The number of benzene rings is 2. The number of rotatable bonds is 6. The van der Waals surface area contributed by atoms with Crippen molar-refractivity contribution in [2.24, 2.45) is 5.92 Å². The monoisotopic (exact) mass is 431 g/mol. The molecule has 1 aliphatic heterocycles. The first-order chi connectivity index (χ1) is 14.0. The molecule has 2 N–H and O–H groups in total. The van der Waals surface area contributed by atoms with Crippen LogP contribution in [-0.4, -0.2) is 41.3 Å². The Morgan fingerprint density at radius 1 is 1.21 bits per heavy atom. The molecule has 1 atom stereocenters. The zero-order valence-electron chi connectivity index (χ0n) is 16.5. The van der Waals surface area contributed by atoms with E-state index in [4.69, 9.17) is 21.7 Å². The van der Waals surface area contributed by atoms with Crippen molar-refractivity contribution < 1.29 is 9.84 Å². The Balaban J connectivity index is 1.34. The summed E-state index contributed by atoms with van der Waals surface area (Å²) in [6.07, 6.45) is 1.66. The molecule has 0 amide bonds. The van der Waals surface area contributed by atoms with E-state index in [0.717, 1.165) is 59.0 Å². The molecule has 1 saturated heterocycles. The van der Waals surface area contributed by atoms with Crippen LogP contribution in [0.25, 0.3) is 10.2 Å². The minimum absolute atomic E-state index is 0.489. The molecule has 5 nitrogen and oxygen atoms in total. The molecule has 0 unspecified atom stereocenters. The van der Waals surface area contributed by atoms with Crippen molar-refractivity contribution in [3.63, 3.8) is 0 Å². The second-order valence-electron chi connectivity index (χ2n) is 7.66. The minimum Gasteiger partial charge on any atom is -0.497 e. The van der Waals surface area contributed by atoms with Crippen molar-refractivity contribution in [1.29, 1.82) is 5.41 Å². The summed E-state index contributed by atoms with van der Waals surface area (Å²) in [6.45, 7) is 3.46. The molecule has 0 radical (unpaired) electrons. The zero-order chi connectivity index (χ0) is 20.4. The van der Waals surface area contributed by atoms with Gasteiger partial charge in [0.15, 0.2) is 4.80 Å². The molecular formula is C22H26ClN3O2S. The van der Waals surface area contributed by atoms with Crippen LogP contribution < -0.4 is 9.54 Å². The fourth-order valence-corrected chi connectivity index (χ4v) is 5.23. The number of nitrogens with one attached hydrogen (secondary N) is 1. The molecule has 0 bridgehead atoms. The molecule has 0 spiro atoms. The van der Waals surface area contributed by atoms with Gasteiger partial charge in [0.2, 0.25) is 0 Å². The van der Waals surface area contributed by atoms with Gasteiger partial charge in [0.25, 0.3) is 0 Å². The maximum atomic E-state index is 10.6. The van der Waals surface area contributed by atoms with Gasteiger partial charge in [-0.2, -0.15) is 0 Å². The molecule has 0 saturated carbocycles. The van der Waals surface area contributed by atoms with E-state index in [0.29, 0.717) is 17.3 Å². The first-order valence-corrected chi connectivity index (χ1v) is 11.1. The van der Waals surface area contributed by atoms with E-state index in [2.05, 4.69) is 9.47 Å². The highest BCUT2D eigenvalue weighted by molar-refractivity contribution is 7.16. The van der Waals surface area contributed by atoms with Crippen molar-refractivity contribution >= 4 is 33.2 Å². The predicted octanol–water partition coefficient (Wildman–Crippen LogP) is 4.29. The lowest BCUT2D eigenvalue weighted by atomic mass is 9.96. The van der Waals surface area contributed by atoms with Crippen LogP contribution in [0.4, 0.5) is 0 Å². The van der Waals surface area contributed by atoms with Gasteiger partial charge in [-0.3, -0.25) is 5.41 Å². The number of aliphatic hydroxyl groups excluding tert-OH is 1. The number of hydrogen-bond donors (Lipinski definition) is 2. The van der Waals surface area contributed by atoms with Crippen LogP contribution in [-0.2, 0) is 6.54 Å². The van der Waals surface area contributed by atoms with Gasteiger partial charge in [-0.1, -0.05) is 35.1 Å². The topological polar surface area (TPSA) is 61.5 Å². The zero-order valence-corrected chi connectivity index (χ0v) is 18.0. The lowest BCUT2D eigenvalue weighted by molar-refractivity contribution is 0.0867. The van der Waals surface area contributed by atoms with Gasteiger partial charge in [-0.05, 0) is 67.7 Å². The van der Waals surface area contributed by atoms with Crippen LogP contribution in [0, 0.1) is 11.3 Å². The molecule has 1 aromatic heterocycles. The Morgan fingerprint density at radius 2 is 1.93 bits per heavy atom. The first kappa shape index (κ1) is 20.4. The average molecular weight is 432 g/mol. The fraction of sp³-hybridized carbons (Fsp3) is 0.409. The Hall–Kier alpha value is -1.86. The summed E-state index contributed by atoms with van der Waals surface area (Å²) in [4.78, 5) is 2.92. The van der Waals surface area contributed by atoms with Gasteiger partial charge in [-0.15, -0.1) is 0 Å². The number of methoxy groups -OCH3 is 1. The maximum absolute atomic E-state index is 10.6. The molecule has 1 aliphatic rings. The predicted molar refractivity (Wildman–Crippen MR) is 118 cm³/mol. The van der Waals surface area contributed by atoms with Crippen molar-refractivity contribution in [3.8, 4) is 5.75 Å². The number of aromatic nitrogens is 1. The summed E-state index contributed by atoms with van der Waals surface area (Å²) in [7, 11) is 1.64. The minimum atomic E-state index is -0.489. The Labute approximate surface area is 179 Å². The number of aliphatic hydroxyl groups is 1. The van der Waals surface area contributed by atoms with E-state index < -0.39 is 6.10 Å². The second kappa shape index (κ2) is 8.88. The summed E-state index contributed by atoms with van der Waals surface area (Å²) in [6, 6.07) is 13.5. The number of nitrogens with zero attached hydrogens (tertiary/aromatic N) is 2. The first-order valence-electron chi connectivity index (χ1n) is 9.91. The quantitative estimate of drug-likeness (QED) is 0.612. The Bertz CT molecular complexity index is 1020. The molecule has 154 valence electrons. The van der Waals surface area contributed by atoms with Crippen molar-refractivity contribution in [2.45, 2.75) is 25.5 Å². The Kier molecular flexibility index (Phi) is 6.25. The van der Waals surface area contributed by atoms with E-state index in [1.165, 1.54) is 11.3 Å². The highest BCUT2D eigenvalue weighted by Gasteiger charge is 2.23. The van der Waals surface area contributed by atoms with Gasteiger partial charge in [-0.25, -0.2) is 0 Å². The van der Waals surface area contributed by atoms with Gasteiger partial charge in [0, 0.05) is 18.1 Å². The normalized spacial score (nSPS) is 16.9. The third kappa shape index (κ3) is 4.67. The average Bonchev–Trinajstić information content (AvgIpc) is 3.03. The summed E-state index contributed by atoms with van der Waals surface area (Å²) in [5.74, 6) is 1.35. The molecule has 3 aromatic rings. The molecule has 4 rings (SSSR count). The van der Waals surface area contributed by atoms with Crippen LogP contribution in [0.5, 0.6) is 5.75 Å². The molecule has 0 aliphatic carbocycles. The van der Waals surface area contributed by atoms with Gasteiger partial charge in [0.1, 0.15) is 5.75 Å². The number of fused-ring (bicyclic) bond motifs is 1. The molecular weight excluding hydrogens is 406 g/mol. The number of likely N-dealkylation sites (tertiary alicyclic amines) is 1. The highest BCUT2D eigenvalue weighted by atomic mass is 35.5. The van der Waals surface area contributed by atoms with E-state index in [1.807, 2.05) is 42.5 Å². The molecule has 1 fully saturated rings. The van der Waals surface area contributed by atoms with Crippen molar-refractivity contribution in [1.82, 2.24) is 9.47 Å². The largest absolute Gasteiger partial charge is 0.497 e. The van der Waals surface area contributed by atoms with E-state index >= 15 is 0 Å². The number of hydrogen-bond acceptors (Lipinski definition) is 5. The summed E-state index contributed by atoms with van der Waals surface area (Å²) >= 11 is 7.58. The maximum Gasteiger partial charge on any atom is 0.182 e.